The van der Waals surface area contributed by atoms with Crippen LogP contribution < -0.4 is 10.6 Å². The summed E-state index contributed by atoms with van der Waals surface area (Å²) in [5, 5.41) is 8.89. The zero-order valence-corrected chi connectivity index (χ0v) is 10.1. The number of benzene rings is 1. The zero-order chi connectivity index (χ0) is 12.3. The van der Waals surface area contributed by atoms with E-state index < -0.39 is 0 Å². The highest BCUT2D eigenvalue weighted by Gasteiger charge is 2.21. The highest BCUT2D eigenvalue weighted by atomic mass is 15.3. The normalized spacial score (nSPS) is 18.7. The zero-order valence-electron chi connectivity index (χ0n) is 10.1. The van der Waals surface area contributed by atoms with Crippen molar-refractivity contribution < 1.29 is 0 Å². The monoisotopic (exact) mass is 230 g/mol. The van der Waals surface area contributed by atoms with E-state index in [0.29, 0.717) is 0 Å². The topological polar surface area (TPSA) is 56.3 Å². The number of para-hydroxylation sites is 2. The number of piperazine rings is 1. The molecule has 1 aromatic carbocycles. The summed E-state index contributed by atoms with van der Waals surface area (Å²) in [4.78, 5) is 4.49. The molecule has 17 heavy (non-hydrogen) atoms. The van der Waals surface area contributed by atoms with Gasteiger partial charge >= 0.3 is 0 Å². The van der Waals surface area contributed by atoms with E-state index in [1.165, 1.54) is 0 Å². The van der Waals surface area contributed by atoms with Crippen molar-refractivity contribution in [3.8, 4) is 6.07 Å². The first-order valence-electron chi connectivity index (χ1n) is 5.95. The van der Waals surface area contributed by atoms with Crippen LogP contribution in [-0.4, -0.2) is 37.1 Å². The van der Waals surface area contributed by atoms with E-state index in [9.17, 15) is 0 Å². The molecule has 0 aromatic heterocycles. The Morgan fingerprint density at radius 1 is 1.24 bits per heavy atom. The minimum atomic E-state index is 0.00488. The highest BCUT2D eigenvalue weighted by Crippen LogP contribution is 2.23. The summed E-state index contributed by atoms with van der Waals surface area (Å²) < 4.78 is 0. The van der Waals surface area contributed by atoms with Crippen LogP contribution in [-0.2, 0) is 0 Å². The second-order valence-electron chi connectivity index (χ2n) is 4.39. The average molecular weight is 230 g/mol. The molecule has 1 saturated heterocycles. The fourth-order valence-corrected chi connectivity index (χ4v) is 2.21. The van der Waals surface area contributed by atoms with Crippen molar-refractivity contribution >= 4 is 11.4 Å². The van der Waals surface area contributed by atoms with Gasteiger partial charge in [0.05, 0.1) is 23.5 Å². The first-order chi connectivity index (χ1) is 8.22. The number of nitrogens with two attached hydrogens (primary N) is 1. The Hall–Kier alpha value is -1.73. The molecule has 0 spiro atoms. The van der Waals surface area contributed by atoms with Crippen LogP contribution in [0.5, 0.6) is 0 Å². The molecule has 0 amide bonds. The van der Waals surface area contributed by atoms with E-state index in [0.717, 1.165) is 37.6 Å². The van der Waals surface area contributed by atoms with E-state index in [-0.39, 0.29) is 6.04 Å². The summed E-state index contributed by atoms with van der Waals surface area (Å²) in [6.07, 6.45) is 0. The van der Waals surface area contributed by atoms with Gasteiger partial charge in [-0.15, -0.1) is 0 Å². The summed E-state index contributed by atoms with van der Waals surface area (Å²) in [5.41, 5.74) is 7.90. The van der Waals surface area contributed by atoms with Crippen molar-refractivity contribution in [2.24, 2.45) is 0 Å². The van der Waals surface area contributed by atoms with Crippen LogP contribution in [0.15, 0.2) is 24.3 Å². The van der Waals surface area contributed by atoms with Crippen LogP contribution in [0.3, 0.4) is 0 Å². The average Bonchev–Trinajstić information content (AvgIpc) is 2.39. The summed E-state index contributed by atoms with van der Waals surface area (Å²) in [5.74, 6) is 0. The van der Waals surface area contributed by atoms with Crippen molar-refractivity contribution in [2.45, 2.75) is 13.0 Å². The summed E-state index contributed by atoms with van der Waals surface area (Å²) in [6.45, 7) is 5.65. The van der Waals surface area contributed by atoms with Crippen LogP contribution in [0, 0.1) is 11.3 Å². The summed E-state index contributed by atoms with van der Waals surface area (Å²) in [6, 6.07) is 10.2. The van der Waals surface area contributed by atoms with Gasteiger partial charge in [0.15, 0.2) is 0 Å². The lowest BCUT2D eigenvalue weighted by Crippen LogP contribution is -2.49. The van der Waals surface area contributed by atoms with Crippen molar-refractivity contribution in [1.82, 2.24) is 4.90 Å². The molecule has 4 nitrogen and oxygen atoms in total. The molecular formula is C13H18N4. The Morgan fingerprint density at radius 3 is 2.47 bits per heavy atom. The lowest BCUT2D eigenvalue weighted by atomic mass is 10.2. The third kappa shape index (κ3) is 2.51. The number of hydrogen-bond donors (Lipinski definition) is 1. The van der Waals surface area contributed by atoms with Gasteiger partial charge in [-0.25, -0.2) is 0 Å². The predicted octanol–water partition coefficient (Wildman–Crippen LogP) is 1.30. The Labute approximate surface area is 102 Å². The number of nitrogen functional groups attached to an aromatic ring is 1. The van der Waals surface area contributed by atoms with Gasteiger partial charge in [-0.3, -0.25) is 4.90 Å². The van der Waals surface area contributed by atoms with Crippen LogP contribution in [0.25, 0.3) is 0 Å². The SMILES string of the molecule is CC(C#N)N1CCN(c2ccccc2N)CC1. The van der Waals surface area contributed by atoms with Gasteiger partial charge in [0, 0.05) is 26.2 Å². The number of nitriles is 1. The predicted molar refractivity (Wildman–Crippen MR) is 69.7 cm³/mol. The van der Waals surface area contributed by atoms with E-state index in [1.807, 2.05) is 25.1 Å². The lowest BCUT2D eigenvalue weighted by molar-refractivity contribution is 0.232. The third-order valence-electron chi connectivity index (χ3n) is 3.33. The Bertz CT molecular complexity index is 416. The minimum Gasteiger partial charge on any atom is -0.397 e. The van der Waals surface area contributed by atoms with E-state index in [1.54, 1.807) is 0 Å². The molecule has 1 atom stereocenters. The maximum atomic E-state index is 8.89. The standard InChI is InChI=1S/C13H18N4/c1-11(10-14)16-6-8-17(9-7-16)13-5-3-2-4-12(13)15/h2-5,11H,6-9,15H2,1H3. The number of hydrogen-bond acceptors (Lipinski definition) is 4. The first-order valence-corrected chi connectivity index (χ1v) is 5.95. The highest BCUT2D eigenvalue weighted by molar-refractivity contribution is 5.67. The van der Waals surface area contributed by atoms with Crippen molar-refractivity contribution in [3.63, 3.8) is 0 Å². The van der Waals surface area contributed by atoms with Gasteiger partial charge in [-0.05, 0) is 19.1 Å². The molecule has 1 heterocycles. The molecule has 1 aliphatic rings. The molecular weight excluding hydrogens is 212 g/mol. The van der Waals surface area contributed by atoms with Crippen LogP contribution in [0.1, 0.15) is 6.92 Å². The Balaban J connectivity index is 2.01. The van der Waals surface area contributed by atoms with Crippen LogP contribution in [0.4, 0.5) is 11.4 Å². The van der Waals surface area contributed by atoms with Crippen LogP contribution in [0.2, 0.25) is 0 Å². The second kappa shape index (κ2) is 5.07. The smallest absolute Gasteiger partial charge is 0.0950 e. The van der Waals surface area contributed by atoms with Gasteiger partial charge in [-0.2, -0.15) is 5.26 Å². The molecule has 1 fully saturated rings. The van der Waals surface area contributed by atoms with E-state index in [2.05, 4.69) is 21.9 Å². The molecule has 0 radical (unpaired) electrons. The van der Waals surface area contributed by atoms with Crippen molar-refractivity contribution in [1.29, 1.82) is 5.26 Å². The molecule has 1 aromatic rings. The fourth-order valence-electron chi connectivity index (χ4n) is 2.21. The summed E-state index contributed by atoms with van der Waals surface area (Å²) in [7, 11) is 0. The Morgan fingerprint density at radius 2 is 1.88 bits per heavy atom. The fraction of sp³-hybridized carbons (Fsp3) is 0.462. The molecule has 0 saturated carbocycles. The molecule has 2 N–H and O–H groups in total. The maximum Gasteiger partial charge on any atom is 0.0950 e. The number of nitrogens with zero attached hydrogens (tertiary/aromatic N) is 3. The quantitative estimate of drug-likeness (QED) is 0.778. The maximum absolute atomic E-state index is 8.89. The first kappa shape index (κ1) is 11.7. The lowest BCUT2D eigenvalue weighted by Gasteiger charge is -2.37. The Kier molecular flexibility index (Phi) is 3.50. The van der Waals surface area contributed by atoms with Crippen LogP contribution >= 0.6 is 0 Å². The summed E-state index contributed by atoms with van der Waals surface area (Å²) >= 11 is 0. The third-order valence-corrected chi connectivity index (χ3v) is 3.33. The van der Waals surface area contributed by atoms with Crippen molar-refractivity contribution in [3.05, 3.63) is 24.3 Å². The molecule has 90 valence electrons. The second-order valence-corrected chi connectivity index (χ2v) is 4.39. The van der Waals surface area contributed by atoms with Gasteiger partial charge in [0.25, 0.3) is 0 Å². The van der Waals surface area contributed by atoms with Gasteiger partial charge in [0.1, 0.15) is 0 Å². The largest absolute Gasteiger partial charge is 0.397 e. The molecule has 1 aliphatic heterocycles. The van der Waals surface area contributed by atoms with Gasteiger partial charge in [0.2, 0.25) is 0 Å². The molecule has 4 heteroatoms. The van der Waals surface area contributed by atoms with Gasteiger partial charge in [-0.1, -0.05) is 12.1 Å². The van der Waals surface area contributed by atoms with Crippen molar-refractivity contribution in [2.75, 3.05) is 36.8 Å². The molecule has 0 aliphatic carbocycles. The molecule has 0 bridgehead atoms. The minimum absolute atomic E-state index is 0.00488. The molecule has 2 rings (SSSR count). The van der Waals surface area contributed by atoms with E-state index >= 15 is 0 Å². The number of anilines is 2. The van der Waals surface area contributed by atoms with E-state index in [4.69, 9.17) is 11.0 Å². The number of rotatable bonds is 2. The molecule has 1 unspecified atom stereocenters. The van der Waals surface area contributed by atoms with Gasteiger partial charge < -0.3 is 10.6 Å².